The van der Waals surface area contributed by atoms with E-state index >= 15 is 0 Å². The summed E-state index contributed by atoms with van der Waals surface area (Å²) in [6.45, 7) is 15.8. The van der Waals surface area contributed by atoms with Gasteiger partial charge >= 0.3 is 0 Å². The summed E-state index contributed by atoms with van der Waals surface area (Å²) >= 11 is 0. The van der Waals surface area contributed by atoms with Crippen molar-refractivity contribution in [3.63, 3.8) is 0 Å². The van der Waals surface area contributed by atoms with Crippen LogP contribution in [0.1, 0.15) is 33.6 Å². The molecule has 15 heavy (non-hydrogen) atoms. The van der Waals surface area contributed by atoms with Gasteiger partial charge in [0, 0.05) is 0 Å². The van der Waals surface area contributed by atoms with Crippen molar-refractivity contribution in [1.82, 2.24) is 0 Å². The quantitative estimate of drug-likeness (QED) is 0.490. The first-order valence-corrected chi connectivity index (χ1v) is 5.56. The van der Waals surface area contributed by atoms with Crippen LogP contribution in [0.25, 0.3) is 0 Å². The lowest BCUT2D eigenvalue weighted by Crippen LogP contribution is -2.07. The van der Waals surface area contributed by atoms with Crippen LogP contribution in [0.15, 0.2) is 36.0 Å². The van der Waals surface area contributed by atoms with Crippen molar-refractivity contribution in [1.29, 1.82) is 0 Å². The molecule has 0 saturated carbocycles. The highest BCUT2D eigenvalue weighted by Crippen LogP contribution is 2.43. The zero-order chi connectivity index (χ0) is 11.5. The third-order valence-corrected chi connectivity index (χ3v) is 3.41. The molecule has 0 N–H and O–H groups in total. The van der Waals surface area contributed by atoms with Gasteiger partial charge in [-0.05, 0) is 36.3 Å². The molecule has 1 heteroatoms. The molecule has 0 aliphatic heterocycles. The normalized spacial score (nSPS) is 19.4. The van der Waals surface area contributed by atoms with Crippen molar-refractivity contribution in [2.75, 3.05) is 13.2 Å². The van der Waals surface area contributed by atoms with Gasteiger partial charge in [-0.2, -0.15) is 0 Å². The lowest BCUT2D eigenvalue weighted by Gasteiger charge is -2.19. The lowest BCUT2D eigenvalue weighted by atomic mass is 9.86. The maximum atomic E-state index is 5.42. The van der Waals surface area contributed by atoms with Crippen molar-refractivity contribution in [3.05, 3.63) is 36.0 Å². The van der Waals surface area contributed by atoms with Gasteiger partial charge in [-0.15, -0.1) is 6.58 Å². The van der Waals surface area contributed by atoms with Gasteiger partial charge < -0.3 is 4.74 Å². The van der Waals surface area contributed by atoms with E-state index in [0.717, 1.165) is 12.0 Å². The molecule has 0 aromatic carbocycles. The molecule has 1 aliphatic carbocycles. The largest absolute Gasteiger partial charge is 0.373 e. The van der Waals surface area contributed by atoms with Crippen molar-refractivity contribution < 1.29 is 4.74 Å². The fraction of sp³-hybridized carbons (Fsp3) is 0.571. The first-order chi connectivity index (χ1) is 6.99. The predicted molar refractivity (Wildman–Crippen MR) is 65.9 cm³/mol. The fourth-order valence-corrected chi connectivity index (χ4v) is 2.02. The molecular weight excluding hydrogens is 184 g/mol. The summed E-state index contributed by atoms with van der Waals surface area (Å²) in [5, 5.41) is 0. The Kier molecular flexibility index (Phi) is 3.92. The zero-order valence-electron chi connectivity index (χ0n) is 10.2. The molecule has 0 aromatic heterocycles. The Morgan fingerprint density at radius 2 is 2.20 bits per heavy atom. The van der Waals surface area contributed by atoms with Gasteiger partial charge in [0.25, 0.3) is 0 Å². The summed E-state index contributed by atoms with van der Waals surface area (Å²) in [4.78, 5) is 0. The minimum absolute atomic E-state index is 0.344. The maximum absolute atomic E-state index is 5.42. The Labute approximate surface area is 93.5 Å². The summed E-state index contributed by atoms with van der Waals surface area (Å²) in [6, 6.07) is 0. The van der Waals surface area contributed by atoms with E-state index in [1.54, 1.807) is 6.08 Å². The molecule has 1 aliphatic rings. The standard InChI is InChI=1S/C14H22O/c1-6-9-15-10-11(2)13-7-8-14(4,5)12(13)3/h6H,1-2,7-10H2,3-5H3. The first kappa shape index (κ1) is 12.3. The summed E-state index contributed by atoms with van der Waals surface area (Å²) < 4.78 is 5.42. The lowest BCUT2D eigenvalue weighted by molar-refractivity contribution is 0.188. The smallest absolute Gasteiger partial charge is 0.0718 e. The van der Waals surface area contributed by atoms with Crippen LogP contribution in [0.2, 0.25) is 0 Å². The van der Waals surface area contributed by atoms with Crippen LogP contribution in [-0.4, -0.2) is 13.2 Å². The van der Waals surface area contributed by atoms with Crippen LogP contribution in [0.3, 0.4) is 0 Å². The van der Waals surface area contributed by atoms with Crippen LogP contribution in [-0.2, 0) is 4.74 Å². The van der Waals surface area contributed by atoms with Crippen LogP contribution in [0.5, 0.6) is 0 Å². The van der Waals surface area contributed by atoms with E-state index < -0.39 is 0 Å². The second-order valence-electron chi connectivity index (χ2n) is 4.89. The Hall–Kier alpha value is -0.820. The monoisotopic (exact) mass is 206 g/mol. The van der Waals surface area contributed by atoms with E-state index in [2.05, 4.69) is 33.9 Å². The number of hydrogen-bond acceptors (Lipinski definition) is 1. The van der Waals surface area contributed by atoms with E-state index in [-0.39, 0.29) is 0 Å². The molecule has 0 spiro atoms. The minimum atomic E-state index is 0.344. The topological polar surface area (TPSA) is 9.23 Å². The van der Waals surface area contributed by atoms with Gasteiger partial charge in [-0.1, -0.05) is 32.1 Å². The molecule has 0 heterocycles. The van der Waals surface area contributed by atoms with Crippen molar-refractivity contribution in [3.8, 4) is 0 Å². The van der Waals surface area contributed by atoms with Gasteiger partial charge in [0.15, 0.2) is 0 Å². The Morgan fingerprint density at radius 1 is 1.53 bits per heavy atom. The first-order valence-electron chi connectivity index (χ1n) is 5.56. The molecule has 0 atom stereocenters. The summed E-state index contributed by atoms with van der Waals surface area (Å²) in [5.41, 5.74) is 4.38. The number of hydrogen-bond donors (Lipinski definition) is 0. The van der Waals surface area contributed by atoms with Gasteiger partial charge in [0.2, 0.25) is 0 Å². The van der Waals surface area contributed by atoms with Gasteiger partial charge in [-0.25, -0.2) is 0 Å². The predicted octanol–water partition coefficient (Wildman–Crippen LogP) is 3.88. The average molecular weight is 206 g/mol. The molecule has 0 amide bonds. The number of ether oxygens (including phenoxy) is 1. The Morgan fingerprint density at radius 3 is 2.67 bits per heavy atom. The maximum Gasteiger partial charge on any atom is 0.0718 e. The third-order valence-electron chi connectivity index (χ3n) is 3.41. The zero-order valence-corrected chi connectivity index (χ0v) is 10.2. The van der Waals surface area contributed by atoms with Crippen LogP contribution in [0, 0.1) is 5.41 Å². The second-order valence-corrected chi connectivity index (χ2v) is 4.89. The summed E-state index contributed by atoms with van der Waals surface area (Å²) in [7, 11) is 0. The minimum Gasteiger partial charge on any atom is -0.373 e. The average Bonchev–Trinajstić information content (AvgIpc) is 2.43. The van der Waals surface area contributed by atoms with Crippen LogP contribution in [0.4, 0.5) is 0 Å². The molecule has 0 bridgehead atoms. The van der Waals surface area contributed by atoms with Gasteiger partial charge in [0.1, 0.15) is 0 Å². The highest BCUT2D eigenvalue weighted by atomic mass is 16.5. The molecule has 1 nitrogen and oxygen atoms in total. The summed E-state index contributed by atoms with van der Waals surface area (Å²) in [6.07, 6.45) is 4.15. The molecule has 0 fully saturated rings. The highest BCUT2D eigenvalue weighted by molar-refractivity contribution is 5.39. The Bertz CT molecular complexity index is 294. The Balaban J connectivity index is 2.61. The number of allylic oxidation sites excluding steroid dienone is 1. The fourth-order valence-electron chi connectivity index (χ4n) is 2.02. The SMILES string of the molecule is C=CCOCC(=C)C1=C(C)C(C)(C)CC1. The second kappa shape index (κ2) is 4.80. The number of rotatable bonds is 5. The van der Waals surface area contributed by atoms with E-state index in [9.17, 15) is 0 Å². The molecule has 1 rings (SSSR count). The summed E-state index contributed by atoms with van der Waals surface area (Å²) in [5.74, 6) is 0. The van der Waals surface area contributed by atoms with E-state index in [0.29, 0.717) is 18.6 Å². The van der Waals surface area contributed by atoms with E-state index in [4.69, 9.17) is 4.74 Å². The van der Waals surface area contributed by atoms with Crippen molar-refractivity contribution in [2.45, 2.75) is 33.6 Å². The highest BCUT2D eigenvalue weighted by Gasteiger charge is 2.29. The van der Waals surface area contributed by atoms with Gasteiger partial charge in [0.05, 0.1) is 13.2 Å². The molecule has 84 valence electrons. The molecule has 0 radical (unpaired) electrons. The van der Waals surface area contributed by atoms with Crippen LogP contribution >= 0.6 is 0 Å². The van der Waals surface area contributed by atoms with Crippen molar-refractivity contribution in [2.24, 2.45) is 5.41 Å². The van der Waals surface area contributed by atoms with E-state index in [1.165, 1.54) is 17.6 Å². The van der Waals surface area contributed by atoms with E-state index in [1.807, 2.05) is 0 Å². The third kappa shape index (κ3) is 2.82. The van der Waals surface area contributed by atoms with Crippen molar-refractivity contribution >= 4 is 0 Å². The molecular formula is C14H22O. The molecule has 0 unspecified atom stereocenters. The van der Waals surface area contributed by atoms with Gasteiger partial charge in [-0.3, -0.25) is 0 Å². The molecule has 0 aromatic rings. The van der Waals surface area contributed by atoms with Crippen LogP contribution < -0.4 is 0 Å². The molecule has 0 saturated heterocycles.